The Balaban J connectivity index is 1.82. The van der Waals surface area contributed by atoms with E-state index in [2.05, 4.69) is 5.32 Å². The molecule has 2 aromatic carbocycles. The Kier molecular flexibility index (Phi) is 4.16. The van der Waals surface area contributed by atoms with Crippen LogP contribution in [0.4, 0.5) is 5.69 Å². The zero-order valence-electron chi connectivity index (χ0n) is 12.9. The van der Waals surface area contributed by atoms with Gasteiger partial charge in [-0.2, -0.15) is 0 Å². The SMILES string of the molecule is Cc1ccc2occ(/C=C/C(=O)Nc3ccc(O)cc3)c(=O)c2c1. The third-order valence-electron chi connectivity index (χ3n) is 3.50. The molecule has 5 heteroatoms. The summed E-state index contributed by atoms with van der Waals surface area (Å²) in [5.41, 5.74) is 2.13. The molecule has 1 heterocycles. The molecule has 24 heavy (non-hydrogen) atoms. The van der Waals surface area contributed by atoms with Crippen molar-refractivity contribution in [1.82, 2.24) is 0 Å². The van der Waals surface area contributed by atoms with Gasteiger partial charge in [0.05, 0.1) is 10.9 Å². The van der Waals surface area contributed by atoms with Gasteiger partial charge in [-0.3, -0.25) is 9.59 Å². The number of carbonyl (C=O) groups is 1. The molecule has 1 amide bonds. The summed E-state index contributed by atoms with van der Waals surface area (Å²) in [4.78, 5) is 24.3. The zero-order chi connectivity index (χ0) is 17.1. The average Bonchev–Trinajstić information content (AvgIpc) is 2.57. The van der Waals surface area contributed by atoms with Crippen LogP contribution in [0.2, 0.25) is 0 Å². The van der Waals surface area contributed by atoms with E-state index in [1.807, 2.05) is 13.0 Å². The number of aromatic hydroxyl groups is 1. The van der Waals surface area contributed by atoms with E-state index in [-0.39, 0.29) is 17.1 Å². The quantitative estimate of drug-likeness (QED) is 0.572. The van der Waals surface area contributed by atoms with Crippen molar-refractivity contribution in [1.29, 1.82) is 0 Å². The second-order valence-corrected chi connectivity index (χ2v) is 5.39. The zero-order valence-corrected chi connectivity index (χ0v) is 12.9. The molecular formula is C19H15NO4. The number of amides is 1. The van der Waals surface area contributed by atoms with Gasteiger partial charge in [0.25, 0.3) is 0 Å². The predicted octanol–water partition coefficient (Wildman–Crippen LogP) is 3.46. The number of aryl methyl sites for hydroxylation is 1. The Labute approximate surface area is 137 Å². The number of rotatable bonds is 3. The Hall–Kier alpha value is -3.34. The van der Waals surface area contributed by atoms with E-state index in [0.717, 1.165) is 5.56 Å². The maximum Gasteiger partial charge on any atom is 0.248 e. The van der Waals surface area contributed by atoms with Crippen molar-refractivity contribution < 1.29 is 14.3 Å². The molecule has 0 aliphatic carbocycles. The standard InChI is InChI=1S/C19H15NO4/c1-12-2-8-17-16(10-12)19(23)13(11-24-17)3-9-18(22)20-14-4-6-15(21)7-5-14/h2-11,21H,1H3,(H,20,22)/b9-3+. The van der Waals surface area contributed by atoms with Gasteiger partial charge in [-0.25, -0.2) is 0 Å². The Bertz CT molecular complexity index is 984. The molecule has 0 unspecified atom stereocenters. The van der Waals surface area contributed by atoms with Gasteiger partial charge < -0.3 is 14.8 Å². The molecule has 0 bridgehead atoms. The summed E-state index contributed by atoms with van der Waals surface area (Å²) in [5.74, 6) is -0.267. The van der Waals surface area contributed by atoms with Crippen molar-refractivity contribution >= 4 is 28.6 Å². The van der Waals surface area contributed by atoms with Crippen LogP contribution in [0.3, 0.4) is 0 Å². The monoisotopic (exact) mass is 321 g/mol. The number of benzene rings is 2. The van der Waals surface area contributed by atoms with Crippen LogP contribution < -0.4 is 10.7 Å². The van der Waals surface area contributed by atoms with Crippen molar-refractivity contribution in [2.75, 3.05) is 5.32 Å². The molecule has 0 radical (unpaired) electrons. The number of hydrogen-bond acceptors (Lipinski definition) is 4. The van der Waals surface area contributed by atoms with Gasteiger partial charge in [0.15, 0.2) is 5.43 Å². The molecule has 0 aliphatic heterocycles. The lowest BCUT2D eigenvalue weighted by Crippen LogP contribution is -2.09. The smallest absolute Gasteiger partial charge is 0.248 e. The molecule has 5 nitrogen and oxygen atoms in total. The molecule has 1 aromatic heterocycles. The highest BCUT2D eigenvalue weighted by Crippen LogP contribution is 2.15. The third-order valence-corrected chi connectivity index (χ3v) is 3.50. The van der Waals surface area contributed by atoms with Gasteiger partial charge in [0.2, 0.25) is 5.91 Å². The average molecular weight is 321 g/mol. The van der Waals surface area contributed by atoms with E-state index >= 15 is 0 Å². The van der Waals surface area contributed by atoms with Crippen LogP contribution in [0, 0.1) is 6.92 Å². The van der Waals surface area contributed by atoms with Crippen LogP contribution in [0.25, 0.3) is 17.0 Å². The van der Waals surface area contributed by atoms with Crippen molar-refractivity contribution in [3.63, 3.8) is 0 Å². The first-order valence-electron chi connectivity index (χ1n) is 7.33. The van der Waals surface area contributed by atoms with Crippen LogP contribution in [0.15, 0.2) is 64.0 Å². The van der Waals surface area contributed by atoms with Crippen LogP contribution in [-0.4, -0.2) is 11.0 Å². The fraction of sp³-hybridized carbons (Fsp3) is 0.0526. The van der Waals surface area contributed by atoms with E-state index in [1.165, 1.54) is 30.5 Å². The van der Waals surface area contributed by atoms with Crippen LogP contribution in [0.1, 0.15) is 11.1 Å². The first-order valence-corrected chi connectivity index (χ1v) is 7.33. The summed E-state index contributed by atoms with van der Waals surface area (Å²) in [6, 6.07) is 11.5. The first kappa shape index (κ1) is 15.6. The highest BCUT2D eigenvalue weighted by molar-refractivity contribution is 6.02. The van der Waals surface area contributed by atoms with Gasteiger partial charge >= 0.3 is 0 Å². The molecule has 120 valence electrons. The number of anilines is 1. The highest BCUT2D eigenvalue weighted by atomic mass is 16.3. The molecule has 0 atom stereocenters. The van der Waals surface area contributed by atoms with Crippen molar-refractivity contribution in [2.24, 2.45) is 0 Å². The molecule has 0 saturated heterocycles. The van der Waals surface area contributed by atoms with Crippen molar-refractivity contribution in [2.45, 2.75) is 6.92 Å². The lowest BCUT2D eigenvalue weighted by Gasteiger charge is -2.02. The Morgan fingerprint density at radius 1 is 1.17 bits per heavy atom. The number of carbonyl (C=O) groups excluding carboxylic acids is 1. The summed E-state index contributed by atoms with van der Waals surface area (Å²) in [6.07, 6.45) is 4.02. The van der Waals surface area contributed by atoms with Gasteiger partial charge in [-0.05, 0) is 49.4 Å². The molecule has 3 rings (SSSR count). The lowest BCUT2D eigenvalue weighted by molar-refractivity contribution is -0.111. The fourth-order valence-corrected chi connectivity index (χ4v) is 2.27. The maximum atomic E-state index is 12.4. The molecule has 0 saturated carbocycles. The summed E-state index contributed by atoms with van der Waals surface area (Å²) in [7, 11) is 0. The second-order valence-electron chi connectivity index (χ2n) is 5.39. The molecule has 2 N–H and O–H groups in total. The van der Waals surface area contributed by atoms with Crippen LogP contribution in [0.5, 0.6) is 5.75 Å². The van der Waals surface area contributed by atoms with Crippen molar-refractivity contribution in [3.8, 4) is 5.75 Å². The van der Waals surface area contributed by atoms with E-state index in [0.29, 0.717) is 22.2 Å². The topological polar surface area (TPSA) is 79.5 Å². The van der Waals surface area contributed by atoms with E-state index < -0.39 is 0 Å². The lowest BCUT2D eigenvalue weighted by atomic mass is 10.1. The number of fused-ring (bicyclic) bond motifs is 1. The van der Waals surface area contributed by atoms with Gasteiger partial charge in [0, 0.05) is 11.8 Å². The normalized spacial score (nSPS) is 11.0. The molecule has 0 fully saturated rings. The molecule has 0 aliphatic rings. The second kappa shape index (κ2) is 6.42. The number of nitrogens with one attached hydrogen (secondary N) is 1. The number of hydrogen-bond donors (Lipinski definition) is 2. The Morgan fingerprint density at radius 2 is 1.92 bits per heavy atom. The summed E-state index contributed by atoms with van der Waals surface area (Å²) in [5, 5.41) is 12.3. The van der Waals surface area contributed by atoms with E-state index in [1.54, 1.807) is 24.3 Å². The minimum Gasteiger partial charge on any atom is -0.508 e. The summed E-state index contributed by atoms with van der Waals surface area (Å²) < 4.78 is 5.43. The van der Waals surface area contributed by atoms with Crippen LogP contribution >= 0.6 is 0 Å². The number of phenols is 1. The molecular weight excluding hydrogens is 306 g/mol. The van der Waals surface area contributed by atoms with Gasteiger partial charge in [-0.15, -0.1) is 0 Å². The van der Waals surface area contributed by atoms with Gasteiger partial charge in [-0.1, -0.05) is 11.6 Å². The van der Waals surface area contributed by atoms with Crippen molar-refractivity contribution in [3.05, 3.63) is 76.2 Å². The summed E-state index contributed by atoms with van der Waals surface area (Å²) in [6.45, 7) is 1.90. The van der Waals surface area contributed by atoms with E-state index in [4.69, 9.17) is 4.42 Å². The summed E-state index contributed by atoms with van der Waals surface area (Å²) >= 11 is 0. The predicted molar refractivity (Wildman–Crippen MR) is 93.0 cm³/mol. The molecule has 3 aromatic rings. The van der Waals surface area contributed by atoms with E-state index in [9.17, 15) is 14.7 Å². The maximum absolute atomic E-state index is 12.4. The molecule has 0 spiro atoms. The fourth-order valence-electron chi connectivity index (χ4n) is 2.27. The minimum absolute atomic E-state index is 0.118. The Morgan fingerprint density at radius 3 is 2.67 bits per heavy atom. The minimum atomic E-state index is -0.385. The van der Waals surface area contributed by atoms with Crippen LogP contribution in [-0.2, 0) is 4.79 Å². The largest absolute Gasteiger partial charge is 0.508 e. The first-order chi connectivity index (χ1) is 11.5. The van der Waals surface area contributed by atoms with Gasteiger partial charge in [0.1, 0.15) is 17.6 Å². The number of phenolic OH excluding ortho intramolecular Hbond substituents is 1. The highest BCUT2D eigenvalue weighted by Gasteiger charge is 2.06. The third kappa shape index (κ3) is 3.35.